The summed E-state index contributed by atoms with van der Waals surface area (Å²) in [6, 6.07) is 0. The SMILES string of the molecule is CC1C(C)(C)CC1(N)O. The summed E-state index contributed by atoms with van der Waals surface area (Å²) in [4.78, 5) is 0. The van der Waals surface area contributed by atoms with Crippen LogP contribution < -0.4 is 5.73 Å². The lowest BCUT2D eigenvalue weighted by molar-refractivity contribution is -0.167. The first-order chi connectivity index (χ1) is 3.86. The molecule has 9 heavy (non-hydrogen) atoms. The summed E-state index contributed by atoms with van der Waals surface area (Å²) < 4.78 is 0. The Kier molecular flexibility index (Phi) is 1.17. The van der Waals surface area contributed by atoms with E-state index in [9.17, 15) is 5.11 Å². The average molecular weight is 129 g/mol. The van der Waals surface area contributed by atoms with E-state index in [0.717, 1.165) is 6.42 Å². The molecule has 1 aliphatic carbocycles. The van der Waals surface area contributed by atoms with Crippen molar-refractivity contribution < 1.29 is 5.11 Å². The molecule has 3 N–H and O–H groups in total. The van der Waals surface area contributed by atoms with Crippen molar-refractivity contribution in [1.29, 1.82) is 0 Å². The third-order valence-corrected chi connectivity index (χ3v) is 2.66. The molecule has 0 spiro atoms. The van der Waals surface area contributed by atoms with Gasteiger partial charge in [-0.3, -0.25) is 0 Å². The van der Waals surface area contributed by atoms with Crippen LogP contribution >= 0.6 is 0 Å². The molecule has 2 nitrogen and oxygen atoms in total. The maximum Gasteiger partial charge on any atom is 0.117 e. The fourth-order valence-corrected chi connectivity index (χ4v) is 1.58. The summed E-state index contributed by atoms with van der Waals surface area (Å²) >= 11 is 0. The standard InChI is InChI=1S/C7H15NO/c1-5-6(2,3)4-7(5,8)9/h5,9H,4,8H2,1-3H3. The van der Waals surface area contributed by atoms with E-state index < -0.39 is 5.72 Å². The molecule has 0 saturated heterocycles. The fraction of sp³-hybridized carbons (Fsp3) is 1.00. The van der Waals surface area contributed by atoms with Crippen molar-refractivity contribution in [3.63, 3.8) is 0 Å². The van der Waals surface area contributed by atoms with E-state index in [1.807, 2.05) is 6.92 Å². The lowest BCUT2D eigenvalue weighted by atomic mass is 9.58. The number of hydrogen-bond donors (Lipinski definition) is 2. The smallest absolute Gasteiger partial charge is 0.117 e. The highest BCUT2D eigenvalue weighted by atomic mass is 16.3. The summed E-state index contributed by atoms with van der Waals surface area (Å²) in [7, 11) is 0. The van der Waals surface area contributed by atoms with Crippen LogP contribution in [-0.4, -0.2) is 10.8 Å². The zero-order valence-corrected chi connectivity index (χ0v) is 6.31. The van der Waals surface area contributed by atoms with Gasteiger partial charge in [0, 0.05) is 5.92 Å². The molecule has 1 fully saturated rings. The second kappa shape index (κ2) is 1.50. The van der Waals surface area contributed by atoms with Gasteiger partial charge in [-0.25, -0.2) is 0 Å². The number of rotatable bonds is 0. The molecule has 1 saturated carbocycles. The monoisotopic (exact) mass is 129 g/mol. The Bertz CT molecular complexity index is 115. The van der Waals surface area contributed by atoms with Gasteiger partial charge in [-0.05, 0) is 11.8 Å². The third-order valence-electron chi connectivity index (χ3n) is 2.66. The van der Waals surface area contributed by atoms with Gasteiger partial charge in [-0.2, -0.15) is 0 Å². The van der Waals surface area contributed by atoms with Gasteiger partial charge < -0.3 is 10.8 Å². The van der Waals surface area contributed by atoms with Crippen LogP contribution in [0.1, 0.15) is 27.2 Å². The van der Waals surface area contributed by atoms with Crippen molar-refractivity contribution in [1.82, 2.24) is 0 Å². The van der Waals surface area contributed by atoms with Gasteiger partial charge in [0.2, 0.25) is 0 Å². The third kappa shape index (κ3) is 0.864. The van der Waals surface area contributed by atoms with E-state index in [-0.39, 0.29) is 11.3 Å². The van der Waals surface area contributed by atoms with Crippen LogP contribution in [-0.2, 0) is 0 Å². The lowest BCUT2D eigenvalue weighted by Gasteiger charge is -2.54. The topological polar surface area (TPSA) is 46.2 Å². The van der Waals surface area contributed by atoms with Crippen molar-refractivity contribution in [3.8, 4) is 0 Å². The molecule has 54 valence electrons. The van der Waals surface area contributed by atoms with E-state index >= 15 is 0 Å². The van der Waals surface area contributed by atoms with Crippen LogP contribution in [0.4, 0.5) is 0 Å². The molecule has 0 aromatic heterocycles. The van der Waals surface area contributed by atoms with Gasteiger partial charge in [0.15, 0.2) is 0 Å². The Morgan fingerprint density at radius 1 is 1.56 bits per heavy atom. The first-order valence-corrected chi connectivity index (χ1v) is 3.37. The van der Waals surface area contributed by atoms with E-state index in [1.54, 1.807) is 0 Å². The van der Waals surface area contributed by atoms with Gasteiger partial charge in [-0.1, -0.05) is 20.8 Å². The predicted molar refractivity (Wildman–Crippen MR) is 36.7 cm³/mol. The molecule has 0 bridgehead atoms. The van der Waals surface area contributed by atoms with E-state index in [0.29, 0.717) is 0 Å². The maximum atomic E-state index is 9.30. The van der Waals surface area contributed by atoms with Crippen molar-refractivity contribution >= 4 is 0 Å². The predicted octanol–water partition coefficient (Wildman–Crippen LogP) is 0.700. The summed E-state index contributed by atoms with van der Waals surface area (Å²) in [5.74, 6) is 0.227. The van der Waals surface area contributed by atoms with E-state index in [1.165, 1.54) is 0 Å². The second-order valence-corrected chi connectivity index (χ2v) is 3.88. The van der Waals surface area contributed by atoms with Gasteiger partial charge in [-0.15, -0.1) is 0 Å². The molecular formula is C7H15NO. The highest BCUT2D eigenvalue weighted by Crippen LogP contribution is 2.49. The quantitative estimate of drug-likeness (QED) is 0.473. The van der Waals surface area contributed by atoms with Crippen LogP contribution in [0.3, 0.4) is 0 Å². The first-order valence-electron chi connectivity index (χ1n) is 3.37. The average Bonchev–Trinajstić information content (AvgIpc) is 1.63. The highest BCUT2D eigenvalue weighted by molar-refractivity contribution is 5.01. The summed E-state index contributed by atoms with van der Waals surface area (Å²) in [6.45, 7) is 6.24. The zero-order chi connectivity index (χ0) is 7.28. The van der Waals surface area contributed by atoms with Crippen LogP contribution in [0, 0.1) is 11.3 Å². The molecule has 0 amide bonds. The molecule has 2 heteroatoms. The van der Waals surface area contributed by atoms with Gasteiger partial charge >= 0.3 is 0 Å². The molecule has 2 unspecified atom stereocenters. The van der Waals surface area contributed by atoms with Gasteiger partial charge in [0.25, 0.3) is 0 Å². The van der Waals surface area contributed by atoms with E-state index in [4.69, 9.17) is 5.73 Å². The molecule has 0 aliphatic heterocycles. The Hall–Kier alpha value is -0.0800. The number of aliphatic hydroxyl groups is 1. The number of nitrogens with two attached hydrogens (primary N) is 1. The highest BCUT2D eigenvalue weighted by Gasteiger charge is 2.52. The molecule has 1 aliphatic rings. The Balaban J connectivity index is 2.62. The Labute approximate surface area is 56.1 Å². The minimum Gasteiger partial charge on any atom is -0.376 e. The lowest BCUT2D eigenvalue weighted by Crippen LogP contribution is -2.63. The van der Waals surface area contributed by atoms with Gasteiger partial charge in [0.1, 0.15) is 5.72 Å². The molecule has 2 atom stereocenters. The summed E-state index contributed by atoms with van der Waals surface area (Å²) in [6.07, 6.45) is 0.723. The van der Waals surface area contributed by atoms with Crippen LogP contribution in [0.2, 0.25) is 0 Å². The Morgan fingerprint density at radius 3 is 2.00 bits per heavy atom. The second-order valence-electron chi connectivity index (χ2n) is 3.88. The fourth-order valence-electron chi connectivity index (χ4n) is 1.58. The van der Waals surface area contributed by atoms with Crippen LogP contribution in [0.5, 0.6) is 0 Å². The van der Waals surface area contributed by atoms with Gasteiger partial charge in [0.05, 0.1) is 0 Å². The van der Waals surface area contributed by atoms with Crippen molar-refractivity contribution in [2.75, 3.05) is 0 Å². The maximum absolute atomic E-state index is 9.30. The van der Waals surface area contributed by atoms with Crippen molar-refractivity contribution in [3.05, 3.63) is 0 Å². The molecule has 0 aromatic rings. The van der Waals surface area contributed by atoms with E-state index in [2.05, 4.69) is 13.8 Å². The zero-order valence-electron chi connectivity index (χ0n) is 6.31. The Morgan fingerprint density at radius 2 is 2.00 bits per heavy atom. The molecular weight excluding hydrogens is 114 g/mol. The summed E-state index contributed by atoms with van der Waals surface area (Å²) in [5.41, 5.74) is 4.85. The molecule has 0 aromatic carbocycles. The first kappa shape index (κ1) is 7.03. The largest absolute Gasteiger partial charge is 0.376 e. The normalized spacial score (nSPS) is 48.3. The molecule has 0 heterocycles. The van der Waals surface area contributed by atoms with Crippen molar-refractivity contribution in [2.45, 2.75) is 32.9 Å². The van der Waals surface area contributed by atoms with Crippen LogP contribution in [0.15, 0.2) is 0 Å². The van der Waals surface area contributed by atoms with Crippen molar-refractivity contribution in [2.24, 2.45) is 17.1 Å². The molecule has 0 radical (unpaired) electrons. The minimum absolute atomic E-state index is 0.227. The van der Waals surface area contributed by atoms with Crippen LogP contribution in [0.25, 0.3) is 0 Å². The molecule has 1 rings (SSSR count). The summed E-state index contributed by atoms with van der Waals surface area (Å²) in [5, 5.41) is 9.30. The number of hydrogen-bond acceptors (Lipinski definition) is 2. The minimum atomic E-state index is -0.885.